The highest BCUT2D eigenvalue weighted by Crippen LogP contribution is 2.33. The predicted octanol–water partition coefficient (Wildman–Crippen LogP) is 3.58. The number of anilines is 1. The Labute approximate surface area is 152 Å². The number of amides is 2. The van der Waals surface area contributed by atoms with Crippen molar-refractivity contribution < 1.29 is 19.2 Å². The lowest BCUT2D eigenvalue weighted by Crippen LogP contribution is -2.29. The van der Waals surface area contributed by atoms with E-state index >= 15 is 0 Å². The van der Waals surface area contributed by atoms with Gasteiger partial charge in [-0.3, -0.25) is 19.7 Å². The van der Waals surface area contributed by atoms with E-state index in [1.54, 1.807) is 42.5 Å². The summed E-state index contributed by atoms with van der Waals surface area (Å²) in [6, 6.07) is 15.4. The number of fused-ring (bicyclic) bond motifs is 1. The summed E-state index contributed by atoms with van der Waals surface area (Å²) in [7, 11) is 0. The normalized spacial score (nSPS) is 12.8. The summed E-state index contributed by atoms with van der Waals surface area (Å²) < 4.78 is 5.52. The first-order valence-electron chi connectivity index (χ1n) is 7.91. The number of imide groups is 1. The van der Waals surface area contributed by atoms with Gasteiger partial charge in [-0.1, -0.05) is 18.2 Å². The molecule has 1 aliphatic rings. The third kappa shape index (κ3) is 2.78. The minimum Gasteiger partial charge on any atom is -0.434 e. The number of carbonyl (C=O) groups is 2. The van der Waals surface area contributed by atoms with E-state index in [1.807, 2.05) is 0 Å². The number of hydrogen-bond acceptors (Lipinski definition) is 6. The Kier molecular flexibility index (Phi) is 3.85. The van der Waals surface area contributed by atoms with Crippen LogP contribution in [0.5, 0.6) is 11.6 Å². The Hall–Kier alpha value is -4.07. The van der Waals surface area contributed by atoms with Crippen LogP contribution in [0.2, 0.25) is 0 Å². The lowest BCUT2D eigenvalue weighted by Gasteiger charge is -2.15. The second-order valence-corrected chi connectivity index (χ2v) is 5.68. The standard InChI is InChI=1S/C19H11N3O5/c23-18-14-7-1-2-8-15(14)19(24)21(18)12-5-3-6-13(11-12)27-17-16(22(25)26)9-4-10-20-17/h1-11H. The monoisotopic (exact) mass is 361 g/mol. The molecule has 0 atom stereocenters. The van der Waals surface area contributed by atoms with Crippen molar-refractivity contribution in [3.05, 3.63) is 88.1 Å². The van der Waals surface area contributed by atoms with Crippen molar-refractivity contribution in [1.82, 2.24) is 4.98 Å². The fourth-order valence-electron chi connectivity index (χ4n) is 2.82. The van der Waals surface area contributed by atoms with E-state index in [1.165, 1.54) is 24.4 Å². The third-order valence-electron chi connectivity index (χ3n) is 4.03. The fourth-order valence-corrected chi connectivity index (χ4v) is 2.82. The first-order valence-corrected chi connectivity index (χ1v) is 7.91. The van der Waals surface area contributed by atoms with Crippen molar-refractivity contribution >= 4 is 23.2 Å². The molecular weight excluding hydrogens is 350 g/mol. The van der Waals surface area contributed by atoms with E-state index in [0.29, 0.717) is 16.8 Å². The average molecular weight is 361 g/mol. The summed E-state index contributed by atoms with van der Waals surface area (Å²) >= 11 is 0. The van der Waals surface area contributed by atoms with Gasteiger partial charge in [-0.25, -0.2) is 9.88 Å². The van der Waals surface area contributed by atoms with Gasteiger partial charge in [0.15, 0.2) is 0 Å². The second-order valence-electron chi connectivity index (χ2n) is 5.68. The van der Waals surface area contributed by atoms with Gasteiger partial charge in [-0.05, 0) is 30.3 Å². The summed E-state index contributed by atoms with van der Waals surface area (Å²) in [6.45, 7) is 0. The summed E-state index contributed by atoms with van der Waals surface area (Å²) in [5.41, 5.74) is 0.671. The molecule has 0 fully saturated rings. The Morgan fingerprint density at radius 3 is 2.30 bits per heavy atom. The van der Waals surface area contributed by atoms with Crippen molar-refractivity contribution in [3.63, 3.8) is 0 Å². The van der Waals surface area contributed by atoms with Gasteiger partial charge in [0.1, 0.15) is 5.75 Å². The number of nitro groups is 1. The molecule has 0 aliphatic carbocycles. The van der Waals surface area contributed by atoms with Crippen LogP contribution >= 0.6 is 0 Å². The van der Waals surface area contributed by atoms with Crippen LogP contribution in [-0.2, 0) is 0 Å². The molecule has 1 aromatic heterocycles. The molecule has 0 spiro atoms. The van der Waals surface area contributed by atoms with E-state index in [2.05, 4.69) is 4.98 Å². The van der Waals surface area contributed by atoms with Crippen LogP contribution in [0.4, 0.5) is 11.4 Å². The zero-order chi connectivity index (χ0) is 19.0. The molecular formula is C19H11N3O5. The summed E-state index contributed by atoms with van der Waals surface area (Å²) in [4.78, 5) is 40.6. The van der Waals surface area contributed by atoms with Gasteiger partial charge in [0.2, 0.25) is 0 Å². The first kappa shape index (κ1) is 16.4. The number of pyridine rings is 1. The van der Waals surface area contributed by atoms with Crippen LogP contribution in [0.25, 0.3) is 0 Å². The second kappa shape index (κ2) is 6.34. The molecule has 1 aliphatic heterocycles. The Balaban J connectivity index is 1.68. The summed E-state index contributed by atoms with van der Waals surface area (Å²) in [5, 5.41) is 11.1. The van der Waals surface area contributed by atoms with Gasteiger partial charge in [-0.2, -0.15) is 0 Å². The van der Waals surface area contributed by atoms with Gasteiger partial charge in [0.05, 0.1) is 21.7 Å². The molecule has 4 rings (SSSR count). The highest BCUT2D eigenvalue weighted by atomic mass is 16.6. The maximum atomic E-state index is 12.6. The van der Waals surface area contributed by atoms with Crippen LogP contribution in [0.3, 0.4) is 0 Å². The minimum absolute atomic E-state index is 0.179. The highest BCUT2D eigenvalue weighted by molar-refractivity contribution is 6.34. The molecule has 2 heterocycles. The van der Waals surface area contributed by atoms with Crippen molar-refractivity contribution in [2.45, 2.75) is 0 Å². The largest absolute Gasteiger partial charge is 0.434 e. The topological polar surface area (TPSA) is 103 Å². The quantitative estimate of drug-likeness (QED) is 0.400. The van der Waals surface area contributed by atoms with Crippen LogP contribution in [0.15, 0.2) is 66.9 Å². The third-order valence-corrected chi connectivity index (χ3v) is 4.03. The summed E-state index contributed by atoms with van der Waals surface area (Å²) in [5.74, 6) is -0.832. The zero-order valence-electron chi connectivity index (χ0n) is 13.7. The number of benzene rings is 2. The van der Waals surface area contributed by atoms with Gasteiger partial charge in [-0.15, -0.1) is 0 Å². The van der Waals surface area contributed by atoms with E-state index < -0.39 is 16.7 Å². The minimum atomic E-state index is -0.601. The van der Waals surface area contributed by atoms with Crippen LogP contribution in [0.1, 0.15) is 20.7 Å². The van der Waals surface area contributed by atoms with Crippen LogP contribution in [0, 0.1) is 10.1 Å². The van der Waals surface area contributed by atoms with Gasteiger partial charge in [0, 0.05) is 18.3 Å². The average Bonchev–Trinajstić information content (AvgIpc) is 2.93. The zero-order valence-corrected chi connectivity index (χ0v) is 13.7. The molecule has 8 nitrogen and oxygen atoms in total. The number of hydrogen-bond donors (Lipinski definition) is 0. The van der Waals surface area contributed by atoms with E-state index in [4.69, 9.17) is 4.74 Å². The van der Waals surface area contributed by atoms with Gasteiger partial charge in [0.25, 0.3) is 17.7 Å². The van der Waals surface area contributed by atoms with E-state index in [9.17, 15) is 19.7 Å². The summed E-state index contributed by atoms with van der Waals surface area (Å²) in [6.07, 6.45) is 1.37. The number of rotatable bonds is 4. The van der Waals surface area contributed by atoms with E-state index in [-0.39, 0.29) is 17.3 Å². The van der Waals surface area contributed by atoms with Crippen LogP contribution < -0.4 is 9.64 Å². The molecule has 132 valence electrons. The lowest BCUT2D eigenvalue weighted by atomic mass is 10.1. The number of aromatic nitrogens is 1. The SMILES string of the molecule is O=C1c2ccccc2C(=O)N1c1cccc(Oc2ncccc2[N+](=O)[O-])c1. The molecule has 27 heavy (non-hydrogen) atoms. The molecule has 0 unspecified atom stereocenters. The van der Waals surface area contributed by atoms with Gasteiger partial charge >= 0.3 is 5.69 Å². The Bertz CT molecular complexity index is 1060. The fraction of sp³-hybridized carbons (Fsp3) is 0. The number of nitrogens with zero attached hydrogens (tertiary/aromatic N) is 3. The van der Waals surface area contributed by atoms with Gasteiger partial charge < -0.3 is 4.74 Å². The lowest BCUT2D eigenvalue weighted by molar-refractivity contribution is -0.386. The van der Waals surface area contributed by atoms with Crippen LogP contribution in [-0.4, -0.2) is 21.7 Å². The molecule has 0 bridgehead atoms. The molecule has 0 saturated carbocycles. The van der Waals surface area contributed by atoms with Crippen molar-refractivity contribution in [2.75, 3.05) is 4.90 Å². The molecule has 2 amide bonds. The number of carbonyl (C=O) groups excluding carboxylic acids is 2. The molecule has 2 aromatic carbocycles. The van der Waals surface area contributed by atoms with Crippen molar-refractivity contribution in [2.24, 2.45) is 0 Å². The molecule has 3 aromatic rings. The molecule has 8 heteroatoms. The molecule has 0 radical (unpaired) electrons. The maximum Gasteiger partial charge on any atom is 0.331 e. The predicted molar refractivity (Wildman–Crippen MR) is 95.0 cm³/mol. The highest BCUT2D eigenvalue weighted by Gasteiger charge is 2.36. The smallest absolute Gasteiger partial charge is 0.331 e. The van der Waals surface area contributed by atoms with Crippen molar-refractivity contribution in [1.29, 1.82) is 0 Å². The Morgan fingerprint density at radius 1 is 0.926 bits per heavy atom. The molecule has 0 saturated heterocycles. The first-order chi connectivity index (χ1) is 13.1. The van der Waals surface area contributed by atoms with E-state index in [0.717, 1.165) is 4.90 Å². The van der Waals surface area contributed by atoms with Crippen molar-refractivity contribution in [3.8, 4) is 11.6 Å². The maximum absolute atomic E-state index is 12.6. The molecule has 0 N–H and O–H groups in total. The number of ether oxygens (including phenoxy) is 1. The Morgan fingerprint density at radius 2 is 1.63 bits per heavy atom.